The first kappa shape index (κ1) is 28.9. The number of hydrazine groups is 1. The van der Waals surface area contributed by atoms with Crippen molar-refractivity contribution in [2.45, 2.75) is 32.4 Å². The Kier molecular flexibility index (Phi) is 10.4. The molecule has 0 aliphatic carbocycles. The van der Waals surface area contributed by atoms with E-state index in [1.54, 1.807) is 42.5 Å². The summed E-state index contributed by atoms with van der Waals surface area (Å²) in [6.07, 6.45) is 0.249. The lowest BCUT2D eigenvalue weighted by Crippen LogP contribution is -2.47. The van der Waals surface area contributed by atoms with Gasteiger partial charge in [-0.3, -0.25) is 15.0 Å². The maximum atomic E-state index is 12.7. The molecule has 0 aliphatic rings. The number of esters is 1. The van der Waals surface area contributed by atoms with Crippen LogP contribution in [0.1, 0.15) is 35.8 Å². The number of carbonyl (C=O) groups excluding carboxylic acids is 2. The van der Waals surface area contributed by atoms with E-state index in [1.165, 1.54) is 5.01 Å². The molecule has 2 aromatic carbocycles. The van der Waals surface area contributed by atoms with E-state index in [-0.39, 0.29) is 18.7 Å². The normalized spacial score (nSPS) is 11.7. The summed E-state index contributed by atoms with van der Waals surface area (Å²) in [5.74, 6) is -2.63. The number of halogens is 2. The molecule has 0 spiro atoms. The van der Waals surface area contributed by atoms with Gasteiger partial charge in [-0.05, 0) is 41.0 Å². The maximum absolute atomic E-state index is 12.7. The van der Waals surface area contributed by atoms with Crippen molar-refractivity contribution >= 4 is 41.0 Å². The molecule has 3 N–H and O–H groups in total. The van der Waals surface area contributed by atoms with Crippen LogP contribution in [0.5, 0.6) is 0 Å². The average molecular weight is 566 g/mol. The summed E-state index contributed by atoms with van der Waals surface area (Å²) in [6.45, 7) is 1.05. The number of rotatable bonds is 13. The Morgan fingerprint density at radius 1 is 1.16 bits per heavy atom. The lowest BCUT2D eigenvalue weighted by atomic mass is 10.0. The first-order valence-electron chi connectivity index (χ1n) is 11.4. The van der Waals surface area contributed by atoms with Crippen molar-refractivity contribution in [3.8, 4) is 11.1 Å². The second-order valence-corrected chi connectivity index (χ2v) is 8.86. The Morgan fingerprint density at radius 3 is 2.58 bits per heavy atom. The van der Waals surface area contributed by atoms with Crippen LogP contribution >= 0.6 is 23.2 Å². The summed E-state index contributed by atoms with van der Waals surface area (Å²) in [5.41, 5.74) is 4.59. The minimum absolute atomic E-state index is 0.0532. The lowest BCUT2D eigenvalue weighted by molar-refractivity contribution is -0.158. The molecule has 14 heteroatoms. The van der Waals surface area contributed by atoms with Gasteiger partial charge in [0.25, 0.3) is 12.7 Å². The number of aliphatic carboxylic acids is 1. The number of amides is 1. The van der Waals surface area contributed by atoms with Gasteiger partial charge in [0, 0.05) is 28.6 Å². The summed E-state index contributed by atoms with van der Waals surface area (Å²) in [6, 6.07) is 12.3. The van der Waals surface area contributed by atoms with Crippen molar-refractivity contribution in [2.24, 2.45) is 0 Å². The summed E-state index contributed by atoms with van der Waals surface area (Å²) in [5, 5.41) is 28.6. The lowest BCUT2D eigenvalue weighted by Gasteiger charge is -2.24. The molecule has 0 radical (unpaired) electrons. The van der Waals surface area contributed by atoms with Crippen molar-refractivity contribution < 1.29 is 34.2 Å². The molecule has 1 amide bonds. The highest BCUT2D eigenvalue weighted by atomic mass is 35.5. The topological polar surface area (TPSA) is 156 Å². The average Bonchev–Trinajstić information content (AvgIpc) is 3.35. The number of benzene rings is 2. The van der Waals surface area contributed by atoms with Gasteiger partial charge < -0.3 is 19.8 Å². The van der Waals surface area contributed by atoms with Crippen LogP contribution < -0.4 is 10.3 Å². The number of nitrogens with zero attached hydrogens (tertiary/aromatic N) is 4. The molecular formula is C24H25Cl2N5O7. The number of ether oxygens (including phenoxy) is 1. The van der Waals surface area contributed by atoms with E-state index in [4.69, 9.17) is 37.9 Å². The molecule has 202 valence electrons. The number of aliphatic hydroxyl groups is 1. The van der Waals surface area contributed by atoms with Gasteiger partial charge >= 0.3 is 11.9 Å². The quantitative estimate of drug-likeness (QED) is 0.160. The fraction of sp³-hybridized carbons (Fsp3) is 0.292. The monoisotopic (exact) mass is 565 g/mol. The third-order valence-electron chi connectivity index (χ3n) is 5.07. The van der Waals surface area contributed by atoms with Crippen LogP contribution in [-0.4, -0.2) is 67.7 Å². The summed E-state index contributed by atoms with van der Waals surface area (Å²) in [4.78, 5) is 41.2. The van der Waals surface area contributed by atoms with Crippen molar-refractivity contribution in [2.75, 3.05) is 13.3 Å². The Labute approximate surface area is 227 Å². The van der Waals surface area contributed by atoms with Gasteiger partial charge in [-0.1, -0.05) is 59.2 Å². The number of nitrogens with one attached hydrogen (secondary N) is 1. The van der Waals surface area contributed by atoms with Gasteiger partial charge in [-0.2, -0.15) is 0 Å². The molecule has 0 bridgehead atoms. The van der Waals surface area contributed by atoms with Crippen molar-refractivity contribution in [3.05, 3.63) is 70.0 Å². The van der Waals surface area contributed by atoms with Crippen LogP contribution in [0.2, 0.25) is 10.0 Å². The largest absolute Gasteiger partial charge is 0.479 e. The van der Waals surface area contributed by atoms with Gasteiger partial charge in [-0.15, -0.1) is 5.10 Å². The highest BCUT2D eigenvalue weighted by Crippen LogP contribution is 2.30. The van der Waals surface area contributed by atoms with Crippen LogP contribution in [0.4, 0.5) is 0 Å². The van der Waals surface area contributed by atoms with Crippen molar-refractivity contribution in [1.82, 2.24) is 25.6 Å². The molecule has 0 fully saturated rings. The number of carboxylic acids is 1. The molecule has 0 saturated carbocycles. The fourth-order valence-corrected chi connectivity index (χ4v) is 3.60. The third-order valence-corrected chi connectivity index (χ3v) is 5.63. The van der Waals surface area contributed by atoms with Gasteiger partial charge in [0.15, 0.2) is 11.8 Å². The second-order valence-electron chi connectivity index (χ2n) is 8.02. The molecule has 38 heavy (non-hydrogen) atoms. The third kappa shape index (κ3) is 8.42. The Morgan fingerprint density at radius 2 is 1.89 bits per heavy atom. The van der Waals surface area contributed by atoms with Crippen LogP contribution in [0.25, 0.3) is 11.1 Å². The fourth-order valence-electron chi connectivity index (χ4n) is 3.20. The zero-order chi connectivity index (χ0) is 27.7. The molecule has 0 aliphatic heterocycles. The molecular weight excluding hydrogens is 541 g/mol. The number of hydrogen-bond donors (Lipinski definition) is 3. The number of aromatic nitrogens is 3. The highest BCUT2D eigenvalue weighted by Gasteiger charge is 2.22. The van der Waals surface area contributed by atoms with Crippen LogP contribution in [0.3, 0.4) is 0 Å². The predicted octanol–water partition coefficient (Wildman–Crippen LogP) is 2.57. The Hall–Kier alpha value is -3.71. The first-order chi connectivity index (χ1) is 18.2. The van der Waals surface area contributed by atoms with E-state index in [0.29, 0.717) is 22.0 Å². The molecule has 1 aromatic heterocycles. The van der Waals surface area contributed by atoms with E-state index in [2.05, 4.69) is 15.7 Å². The minimum Gasteiger partial charge on any atom is -0.479 e. The van der Waals surface area contributed by atoms with Crippen LogP contribution in [-0.2, 0) is 20.9 Å². The summed E-state index contributed by atoms with van der Waals surface area (Å²) < 4.78 is 4.85. The van der Waals surface area contributed by atoms with Crippen LogP contribution in [0, 0.1) is 0 Å². The molecule has 12 nitrogen and oxygen atoms in total. The standard InChI is InChI=1S/C24H25Cl2N5O7/c1-2-3-22(33)37-14-38-31-12-20(27-29-31)23(34)28-30(13-21(32)24(35)36)11-15-4-6-16(7-5-15)18-10-17(25)8-9-19(18)26/h4-10,12,21,32H,2-3,11,13-14H2,1H3,(H,28,34)(H,35,36). The van der Waals surface area contributed by atoms with Crippen LogP contribution in [0.15, 0.2) is 48.7 Å². The highest BCUT2D eigenvalue weighted by molar-refractivity contribution is 6.35. The van der Waals surface area contributed by atoms with E-state index in [0.717, 1.165) is 22.2 Å². The molecule has 3 aromatic rings. The predicted molar refractivity (Wildman–Crippen MR) is 136 cm³/mol. The van der Waals surface area contributed by atoms with Gasteiger partial charge in [0.05, 0.1) is 6.54 Å². The molecule has 3 rings (SSSR count). The molecule has 0 saturated heterocycles. The maximum Gasteiger partial charge on any atom is 0.333 e. The number of carbonyl (C=O) groups is 3. The zero-order valence-electron chi connectivity index (χ0n) is 20.2. The van der Waals surface area contributed by atoms with Crippen molar-refractivity contribution in [3.63, 3.8) is 0 Å². The number of carboxylic acid groups (broad SMARTS) is 1. The molecule has 1 heterocycles. The van der Waals surface area contributed by atoms with Gasteiger partial charge in [0.1, 0.15) is 6.20 Å². The minimum atomic E-state index is -1.77. The van der Waals surface area contributed by atoms with Crippen molar-refractivity contribution in [1.29, 1.82) is 0 Å². The summed E-state index contributed by atoms with van der Waals surface area (Å²) >= 11 is 12.3. The van der Waals surface area contributed by atoms with E-state index >= 15 is 0 Å². The summed E-state index contributed by atoms with van der Waals surface area (Å²) in [7, 11) is 0. The number of aliphatic hydroxyl groups excluding tert-OH is 1. The smallest absolute Gasteiger partial charge is 0.333 e. The Balaban J connectivity index is 1.67. The number of hydrogen-bond acceptors (Lipinski definition) is 9. The Bertz CT molecular complexity index is 1270. The van der Waals surface area contributed by atoms with E-state index < -0.39 is 37.3 Å². The molecule has 1 atom stereocenters. The van der Waals surface area contributed by atoms with Gasteiger partial charge in [0.2, 0.25) is 0 Å². The van der Waals surface area contributed by atoms with E-state index in [1.807, 2.05) is 6.92 Å². The van der Waals surface area contributed by atoms with Gasteiger partial charge in [-0.25, -0.2) is 9.80 Å². The molecule has 1 unspecified atom stereocenters. The first-order valence-corrected chi connectivity index (χ1v) is 12.1. The van der Waals surface area contributed by atoms with E-state index in [9.17, 15) is 19.5 Å². The SMILES string of the molecule is CCCC(=O)OCOn1cc(C(=O)NN(Cc2ccc(-c3cc(Cl)ccc3Cl)cc2)CC(O)C(=O)O)nn1. The second kappa shape index (κ2) is 13.7. The zero-order valence-corrected chi connectivity index (χ0v) is 21.7.